The fraction of sp³-hybridized carbons (Fsp3) is 0.200. The lowest BCUT2D eigenvalue weighted by Crippen LogP contribution is -2.05. The third kappa shape index (κ3) is 4.86. The summed E-state index contributed by atoms with van der Waals surface area (Å²) in [6.07, 6.45) is 1.67. The van der Waals surface area contributed by atoms with Crippen LogP contribution >= 0.6 is 0 Å². The fourth-order valence-corrected chi connectivity index (χ4v) is 2.35. The summed E-state index contributed by atoms with van der Waals surface area (Å²) in [5.41, 5.74) is 1.85. The van der Waals surface area contributed by atoms with Gasteiger partial charge in [-0.1, -0.05) is 0 Å². The zero-order chi connectivity index (χ0) is 18.4. The Balaban J connectivity index is 1.66. The second kappa shape index (κ2) is 8.20. The van der Waals surface area contributed by atoms with Gasteiger partial charge >= 0.3 is 0 Å². The molecule has 2 aromatic carbocycles. The number of nitrogens with zero attached hydrogens (tertiary/aromatic N) is 2. The van der Waals surface area contributed by atoms with Gasteiger partial charge in [0.15, 0.2) is 0 Å². The maximum atomic E-state index is 5.65. The molecule has 6 nitrogen and oxygen atoms in total. The molecular formula is C20H22N4O2. The Labute approximate surface area is 153 Å². The van der Waals surface area contributed by atoms with Crippen molar-refractivity contribution in [2.24, 2.45) is 0 Å². The van der Waals surface area contributed by atoms with Crippen LogP contribution in [0.25, 0.3) is 0 Å². The van der Waals surface area contributed by atoms with E-state index in [2.05, 4.69) is 20.6 Å². The van der Waals surface area contributed by atoms with Gasteiger partial charge in [0.25, 0.3) is 0 Å². The summed E-state index contributed by atoms with van der Waals surface area (Å²) in [4.78, 5) is 8.51. The molecule has 0 bridgehead atoms. The van der Waals surface area contributed by atoms with E-state index in [1.54, 1.807) is 7.11 Å². The van der Waals surface area contributed by atoms with Gasteiger partial charge in [-0.05, 0) is 62.4 Å². The molecule has 0 fully saturated rings. The first-order chi connectivity index (χ1) is 12.6. The molecule has 0 aliphatic rings. The lowest BCUT2D eigenvalue weighted by molar-refractivity contribution is 0.242. The summed E-state index contributed by atoms with van der Waals surface area (Å²) < 4.78 is 10.8. The second-order valence-corrected chi connectivity index (χ2v) is 5.96. The largest absolute Gasteiger partial charge is 0.497 e. The van der Waals surface area contributed by atoms with Gasteiger partial charge in [-0.3, -0.25) is 0 Å². The average Bonchev–Trinajstić information content (AvgIpc) is 2.64. The molecule has 1 aromatic heterocycles. The standard InChI is InChI=1S/C20H22N4O2/c1-14(2)26-18-10-6-16(7-11-18)24-20-12-19(21-13-22-20)23-15-4-8-17(25-3)9-5-15/h4-14H,1-3H3,(H2,21,22,23,24). The van der Waals surface area contributed by atoms with E-state index in [9.17, 15) is 0 Å². The molecule has 26 heavy (non-hydrogen) atoms. The summed E-state index contributed by atoms with van der Waals surface area (Å²) in [7, 11) is 1.65. The van der Waals surface area contributed by atoms with Crippen LogP contribution in [0.4, 0.5) is 23.0 Å². The predicted octanol–water partition coefficient (Wildman–Crippen LogP) is 4.76. The average molecular weight is 350 g/mol. The molecular weight excluding hydrogens is 328 g/mol. The molecule has 0 aliphatic heterocycles. The van der Waals surface area contributed by atoms with Crippen LogP contribution in [-0.4, -0.2) is 23.2 Å². The van der Waals surface area contributed by atoms with E-state index in [4.69, 9.17) is 9.47 Å². The fourth-order valence-electron chi connectivity index (χ4n) is 2.35. The predicted molar refractivity (Wildman–Crippen MR) is 104 cm³/mol. The van der Waals surface area contributed by atoms with E-state index in [1.807, 2.05) is 68.4 Å². The highest BCUT2D eigenvalue weighted by Gasteiger charge is 2.02. The molecule has 2 N–H and O–H groups in total. The van der Waals surface area contributed by atoms with Crippen LogP contribution in [-0.2, 0) is 0 Å². The highest BCUT2D eigenvalue weighted by atomic mass is 16.5. The Morgan fingerprint density at radius 3 is 1.73 bits per heavy atom. The van der Waals surface area contributed by atoms with Crippen LogP contribution < -0.4 is 20.1 Å². The third-order valence-electron chi connectivity index (χ3n) is 3.53. The van der Waals surface area contributed by atoms with Crippen molar-refractivity contribution in [1.29, 1.82) is 0 Å². The number of methoxy groups -OCH3 is 1. The number of benzene rings is 2. The highest BCUT2D eigenvalue weighted by Crippen LogP contribution is 2.22. The number of hydrogen-bond acceptors (Lipinski definition) is 6. The van der Waals surface area contributed by atoms with E-state index in [0.717, 1.165) is 22.9 Å². The van der Waals surface area contributed by atoms with Gasteiger partial charge in [-0.25, -0.2) is 9.97 Å². The molecule has 0 saturated heterocycles. The molecule has 0 spiro atoms. The Morgan fingerprint density at radius 1 is 0.769 bits per heavy atom. The zero-order valence-corrected chi connectivity index (χ0v) is 15.1. The molecule has 1 heterocycles. The SMILES string of the molecule is COc1ccc(Nc2cc(Nc3ccc(OC(C)C)cc3)ncn2)cc1. The summed E-state index contributed by atoms with van der Waals surface area (Å²) in [6, 6.07) is 17.3. The first-order valence-electron chi connectivity index (χ1n) is 8.39. The van der Waals surface area contributed by atoms with E-state index < -0.39 is 0 Å². The van der Waals surface area contributed by atoms with Gasteiger partial charge in [0.2, 0.25) is 0 Å². The second-order valence-electron chi connectivity index (χ2n) is 5.96. The molecule has 3 aromatic rings. The van der Waals surface area contributed by atoms with Crippen LogP contribution in [0.1, 0.15) is 13.8 Å². The van der Waals surface area contributed by atoms with E-state index in [0.29, 0.717) is 11.6 Å². The van der Waals surface area contributed by atoms with E-state index in [-0.39, 0.29) is 6.10 Å². The maximum Gasteiger partial charge on any atom is 0.135 e. The van der Waals surface area contributed by atoms with E-state index in [1.165, 1.54) is 6.33 Å². The van der Waals surface area contributed by atoms with Crippen LogP contribution in [0.15, 0.2) is 60.9 Å². The Kier molecular flexibility index (Phi) is 5.53. The number of hydrogen-bond donors (Lipinski definition) is 2. The summed E-state index contributed by atoms with van der Waals surface area (Å²) in [5, 5.41) is 6.51. The molecule has 0 atom stereocenters. The van der Waals surface area contributed by atoms with Crippen LogP contribution in [0, 0.1) is 0 Å². The van der Waals surface area contributed by atoms with Crippen molar-refractivity contribution in [3.05, 3.63) is 60.9 Å². The molecule has 0 saturated carbocycles. The van der Waals surface area contributed by atoms with Gasteiger partial charge < -0.3 is 20.1 Å². The summed E-state index contributed by atoms with van der Waals surface area (Å²) in [5.74, 6) is 3.06. The quantitative estimate of drug-likeness (QED) is 0.640. The molecule has 134 valence electrons. The van der Waals surface area contributed by atoms with Crippen molar-refractivity contribution in [2.45, 2.75) is 20.0 Å². The number of ether oxygens (including phenoxy) is 2. The monoisotopic (exact) mass is 350 g/mol. The molecule has 0 unspecified atom stereocenters. The minimum Gasteiger partial charge on any atom is -0.497 e. The molecule has 0 radical (unpaired) electrons. The summed E-state index contributed by atoms with van der Waals surface area (Å²) in [6.45, 7) is 4.01. The van der Waals surface area contributed by atoms with Crippen molar-refractivity contribution in [3.63, 3.8) is 0 Å². The first-order valence-corrected chi connectivity index (χ1v) is 8.39. The van der Waals surface area contributed by atoms with Crippen molar-refractivity contribution < 1.29 is 9.47 Å². The highest BCUT2D eigenvalue weighted by molar-refractivity contribution is 5.63. The molecule has 6 heteroatoms. The number of nitrogens with one attached hydrogen (secondary N) is 2. The number of anilines is 4. The Morgan fingerprint density at radius 2 is 1.27 bits per heavy atom. The first kappa shape index (κ1) is 17.5. The third-order valence-corrected chi connectivity index (χ3v) is 3.53. The maximum absolute atomic E-state index is 5.65. The van der Waals surface area contributed by atoms with Gasteiger partial charge in [-0.15, -0.1) is 0 Å². The number of rotatable bonds is 7. The van der Waals surface area contributed by atoms with Gasteiger partial charge in [0.05, 0.1) is 13.2 Å². The van der Waals surface area contributed by atoms with Gasteiger partial charge in [-0.2, -0.15) is 0 Å². The van der Waals surface area contributed by atoms with Crippen molar-refractivity contribution in [1.82, 2.24) is 9.97 Å². The van der Waals surface area contributed by atoms with Crippen LogP contribution in [0.3, 0.4) is 0 Å². The normalized spacial score (nSPS) is 10.5. The van der Waals surface area contributed by atoms with Crippen LogP contribution in [0.2, 0.25) is 0 Å². The smallest absolute Gasteiger partial charge is 0.135 e. The Hall–Kier alpha value is -3.28. The lowest BCUT2D eigenvalue weighted by atomic mass is 10.3. The van der Waals surface area contributed by atoms with Gasteiger partial charge in [0, 0.05) is 17.4 Å². The topological polar surface area (TPSA) is 68.3 Å². The summed E-state index contributed by atoms with van der Waals surface area (Å²) >= 11 is 0. The molecule has 0 aliphatic carbocycles. The van der Waals surface area contributed by atoms with Crippen LogP contribution in [0.5, 0.6) is 11.5 Å². The molecule has 0 amide bonds. The number of aromatic nitrogens is 2. The van der Waals surface area contributed by atoms with E-state index >= 15 is 0 Å². The minimum atomic E-state index is 0.155. The van der Waals surface area contributed by atoms with Crippen molar-refractivity contribution in [3.8, 4) is 11.5 Å². The van der Waals surface area contributed by atoms with Gasteiger partial charge in [0.1, 0.15) is 29.5 Å². The van der Waals surface area contributed by atoms with Crippen molar-refractivity contribution in [2.75, 3.05) is 17.7 Å². The minimum absolute atomic E-state index is 0.155. The van der Waals surface area contributed by atoms with Crippen molar-refractivity contribution >= 4 is 23.0 Å². The Bertz CT molecular complexity index is 833. The lowest BCUT2D eigenvalue weighted by Gasteiger charge is -2.11. The molecule has 3 rings (SSSR count). The zero-order valence-electron chi connectivity index (χ0n) is 15.1.